The number of unbranched alkanes of at least 4 members (excludes halogenated alkanes) is 26. The van der Waals surface area contributed by atoms with Gasteiger partial charge in [0.2, 0.25) is 0 Å². The average Bonchev–Trinajstić information content (AvgIpc) is 3.09. The standard InChI is InChI=1S/C43H80O5/c1-3-5-7-9-11-13-15-17-19-20-21-22-24-26-28-30-32-34-36-38-43(46)48-41(39-44)40-47-42(45)37-35-33-31-29-27-25-23-18-16-14-12-10-8-6-4-2/h14,16-17,19,41,44H,3-13,15,18,20-40H2,1-2H3/b16-14-,19-17-/t41-/m0/s1. The van der Waals surface area contributed by atoms with Crippen molar-refractivity contribution in [1.82, 2.24) is 0 Å². The highest BCUT2D eigenvalue weighted by Gasteiger charge is 2.16. The number of aliphatic hydroxyl groups is 1. The lowest BCUT2D eigenvalue weighted by Crippen LogP contribution is -2.28. The number of carbonyl (C=O) groups is 2. The lowest BCUT2D eigenvalue weighted by atomic mass is 10.1. The van der Waals surface area contributed by atoms with Gasteiger partial charge in [-0.15, -0.1) is 0 Å². The Bertz CT molecular complexity index is 731. The van der Waals surface area contributed by atoms with E-state index in [1.54, 1.807) is 0 Å². The normalized spacial score (nSPS) is 12.3. The van der Waals surface area contributed by atoms with E-state index in [-0.39, 0.29) is 25.2 Å². The van der Waals surface area contributed by atoms with E-state index in [0.29, 0.717) is 12.8 Å². The van der Waals surface area contributed by atoms with Gasteiger partial charge in [-0.2, -0.15) is 0 Å². The monoisotopic (exact) mass is 677 g/mol. The van der Waals surface area contributed by atoms with Gasteiger partial charge in [0.25, 0.3) is 0 Å². The van der Waals surface area contributed by atoms with Crippen molar-refractivity contribution in [2.24, 2.45) is 0 Å². The number of hydrogen-bond acceptors (Lipinski definition) is 5. The molecule has 0 unspecified atom stereocenters. The van der Waals surface area contributed by atoms with Crippen molar-refractivity contribution in [1.29, 1.82) is 0 Å². The number of ether oxygens (including phenoxy) is 2. The minimum absolute atomic E-state index is 0.0657. The average molecular weight is 677 g/mol. The van der Waals surface area contributed by atoms with Crippen LogP contribution in [0.4, 0.5) is 0 Å². The summed E-state index contributed by atoms with van der Waals surface area (Å²) < 4.78 is 10.6. The van der Waals surface area contributed by atoms with Crippen molar-refractivity contribution in [3.05, 3.63) is 24.3 Å². The van der Waals surface area contributed by atoms with Crippen molar-refractivity contribution >= 4 is 11.9 Å². The van der Waals surface area contributed by atoms with Gasteiger partial charge in [-0.25, -0.2) is 0 Å². The molecule has 1 N–H and O–H groups in total. The Hall–Kier alpha value is -1.62. The lowest BCUT2D eigenvalue weighted by molar-refractivity contribution is -0.161. The van der Waals surface area contributed by atoms with Crippen LogP contribution in [0.2, 0.25) is 0 Å². The summed E-state index contributed by atoms with van der Waals surface area (Å²) in [4.78, 5) is 24.3. The molecular formula is C43H80O5. The zero-order valence-electron chi connectivity index (χ0n) is 32.0. The van der Waals surface area contributed by atoms with Gasteiger partial charge in [0, 0.05) is 12.8 Å². The van der Waals surface area contributed by atoms with Gasteiger partial charge in [0.15, 0.2) is 6.10 Å². The molecule has 0 bridgehead atoms. The molecule has 0 aliphatic carbocycles. The molecule has 0 radical (unpaired) electrons. The van der Waals surface area contributed by atoms with E-state index in [1.165, 1.54) is 154 Å². The van der Waals surface area contributed by atoms with Crippen molar-refractivity contribution in [3.63, 3.8) is 0 Å². The molecule has 0 aromatic carbocycles. The third-order valence-corrected chi connectivity index (χ3v) is 9.22. The number of esters is 2. The molecule has 0 rings (SSSR count). The molecule has 0 aliphatic rings. The summed E-state index contributed by atoms with van der Waals surface area (Å²) in [5.74, 6) is -0.592. The molecule has 48 heavy (non-hydrogen) atoms. The highest BCUT2D eigenvalue weighted by molar-refractivity contribution is 5.70. The Kier molecular flexibility index (Phi) is 38.5. The Morgan fingerprint density at radius 1 is 0.458 bits per heavy atom. The second kappa shape index (κ2) is 39.8. The molecule has 0 aliphatic heterocycles. The summed E-state index contributed by atoms with van der Waals surface area (Å²) >= 11 is 0. The van der Waals surface area contributed by atoms with Crippen LogP contribution in [-0.2, 0) is 19.1 Å². The summed E-state index contributed by atoms with van der Waals surface area (Å²) in [6.45, 7) is 4.13. The maximum absolute atomic E-state index is 12.2. The van der Waals surface area contributed by atoms with E-state index in [0.717, 1.165) is 38.5 Å². The molecule has 0 saturated carbocycles. The predicted octanol–water partition coefficient (Wildman–Crippen LogP) is 13.1. The molecule has 0 heterocycles. The maximum atomic E-state index is 12.2. The van der Waals surface area contributed by atoms with Crippen LogP contribution in [0.25, 0.3) is 0 Å². The highest BCUT2D eigenvalue weighted by atomic mass is 16.6. The van der Waals surface area contributed by atoms with Crippen molar-refractivity contribution in [2.75, 3.05) is 13.2 Å². The second-order valence-corrected chi connectivity index (χ2v) is 14.1. The molecular weight excluding hydrogens is 596 g/mol. The summed E-state index contributed by atoms with van der Waals surface area (Å²) in [5, 5.41) is 9.56. The topological polar surface area (TPSA) is 72.8 Å². The van der Waals surface area contributed by atoms with Crippen LogP contribution in [0.5, 0.6) is 0 Å². The fourth-order valence-corrected chi connectivity index (χ4v) is 6.01. The zero-order chi connectivity index (χ0) is 35.0. The molecule has 5 heteroatoms. The molecule has 0 amide bonds. The summed E-state index contributed by atoms with van der Waals surface area (Å²) in [5.41, 5.74) is 0. The van der Waals surface area contributed by atoms with Gasteiger partial charge in [0.1, 0.15) is 6.61 Å². The molecule has 0 spiro atoms. The van der Waals surface area contributed by atoms with E-state index >= 15 is 0 Å². The minimum Gasteiger partial charge on any atom is -0.462 e. The number of allylic oxidation sites excluding steroid dienone is 4. The molecule has 1 atom stereocenters. The molecule has 5 nitrogen and oxygen atoms in total. The Balaban J connectivity index is 3.52. The second-order valence-electron chi connectivity index (χ2n) is 14.1. The fraction of sp³-hybridized carbons (Fsp3) is 0.860. The van der Waals surface area contributed by atoms with E-state index in [9.17, 15) is 14.7 Å². The van der Waals surface area contributed by atoms with Gasteiger partial charge in [0.05, 0.1) is 6.61 Å². The smallest absolute Gasteiger partial charge is 0.306 e. The zero-order valence-corrected chi connectivity index (χ0v) is 32.0. The van der Waals surface area contributed by atoms with E-state index in [2.05, 4.69) is 38.2 Å². The first-order chi connectivity index (χ1) is 23.6. The SMILES string of the molecule is CCCCCC/C=C\CCCCCCCCCC(=O)OC[C@H](CO)OC(=O)CCCCCCCCCCC/C=C\CCCCCCCC. The summed E-state index contributed by atoms with van der Waals surface area (Å²) in [6.07, 6.45) is 46.7. The van der Waals surface area contributed by atoms with E-state index in [4.69, 9.17) is 9.47 Å². The molecule has 0 aromatic heterocycles. The van der Waals surface area contributed by atoms with Gasteiger partial charge < -0.3 is 14.6 Å². The van der Waals surface area contributed by atoms with Crippen LogP contribution in [-0.4, -0.2) is 36.4 Å². The molecule has 282 valence electrons. The summed E-state index contributed by atoms with van der Waals surface area (Å²) in [6, 6.07) is 0. The Morgan fingerprint density at radius 3 is 1.15 bits per heavy atom. The van der Waals surface area contributed by atoms with Gasteiger partial charge >= 0.3 is 11.9 Å². The van der Waals surface area contributed by atoms with Crippen LogP contribution < -0.4 is 0 Å². The van der Waals surface area contributed by atoms with Crippen LogP contribution in [0.3, 0.4) is 0 Å². The third kappa shape index (κ3) is 37.2. The third-order valence-electron chi connectivity index (χ3n) is 9.22. The maximum Gasteiger partial charge on any atom is 0.306 e. The largest absolute Gasteiger partial charge is 0.462 e. The Morgan fingerprint density at radius 2 is 0.771 bits per heavy atom. The minimum atomic E-state index is -0.770. The Labute approximate surface area is 298 Å². The van der Waals surface area contributed by atoms with Crippen LogP contribution >= 0.6 is 0 Å². The molecule has 0 aromatic rings. The fourth-order valence-electron chi connectivity index (χ4n) is 6.01. The van der Waals surface area contributed by atoms with Gasteiger partial charge in [-0.05, 0) is 64.2 Å². The van der Waals surface area contributed by atoms with E-state index < -0.39 is 6.10 Å². The highest BCUT2D eigenvalue weighted by Crippen LogP contribution is 2.14. The number of rotatable bonds is 38. The van der Waals surface area contributed by atoms with Crippen molar-refractivity contribution < 1.29 is 24.2 Å². The van der Waals surface area contributed by atoms with Gasteiger partial charge in [-0.1, -0.05) is 167 Å². The van der Waals surface area contributed by atoms with Crippen LogP contribution in [0.15, 0.2) is 24.3 Å². The van der Waals surface area contributed by atoms with E-state index in [1.807, 2.05) is 0 Å². The quantitative estimate of drug-likeness (QED) is 0.0400. The number of hydrogen-bond donors (Lipinski definition) is 1. The van der Waals surface area contributed by atoms with Crippen LogP contribution in [0.1, 0.15) is 219 Å². The summed E-state index contributed by atoms with van der Waals surface area (Å²) in [7, 11) is 0. The molecule has 0 saturated heterocycles. The number of aliphatic hydroxyl groups excluding tert-OH is 1. The van der Waals surface area contributed by atoms with Crippen molar-refractivity contribution in [2.45, 2.75) is 225 Å². The number of carbonyl (C=O) groups excluding carboxylic acids is 2. The van der Waals surface area contributed by atoms with Crippen molar-refractivity contribution in [3.8, 4) is 0 Å². The lowest BCUT2D eigenvalue weighted by Gasteiger charge is -2.15. The first-order valence-electron chi connectivity index (χ1n) is 20.9. The molecule has 0 fully saturated rings. The first kappa shape index (κ1) is 46.4. The van der Waals surface area contributed by atoms with Crippen LogP contribution in [0, 0.1) is 0 Å². The predicted molar refractivity (Wildman–Crippen MR) is 205 cm³/mol. The first-order valence-corrected chi connectivity index (χ1v) is 20.9. The van der Waals surface area contributed by atoms with Gasteiger partial charge in [-0.3, -0.25) is 9.59 Å².